The van der Waals surface area contributed by atoms with Gasteiger partial charge in [0.1, 0.15) is 5.82 Å². The minimum atomic E-state index is -4.56. The average Bonchev–Trinajstić information content (AvgIpc) is 2.78. The molecule has 12 heteroatoms. The predicted octanol–water partition coefficient (Wildman–Crippen LogP) is 3.80. The van der Waals surface area contributed by atoms with Crippen molar-refractivity contribution in [1.82, 2.24) is 9.97 Å². The Morgan fingerprint density at radius 3 is 2.43 bits per heavy atom. The van der Waals surface area contributed by atoms with Gasteiger partial charge in [0, 0.05) is 23.4 Å². The summed E-state index contributed by atoms with van der Waals surface area (Å²) < 4.78 is 38.9. The summed E-state index contributed by atoms with van der Waals surface area (Å²) in [5, 5.41) is 7.61. The SMILES string of the molecule is CC(=O)c1ccc(NC(=O)C2CC(=O)Nc3nc(Nc4cccc(C(F)(F)F)c4)[nH]c(=O)c32)cc1. The maximum absolute atomic E-state index is 13.0. The van der Waals surface area contributed by atoms with Gasteiger partial charge in [0.2, 0.25) is 17.8 Å². The summed E-state index contributed by atoms with van der Waals surface area (Å²) in [4.78, 5) is 55.8. The number of ketones is 1. The first kappa shape index (κ1) is 23.7. The highest BCUT2D eigenvalue weighted by Crippen LogP contribution is 2.32. The van der Waals surface area contributed by atoms with E-state index in [4.69, 9.17) is 0 Å². The highest BCUT2D eigenvalue weighted by Gasteiger charge is 2.35. The number of carbonyl (C=O) groups excluding carboxylic acids is 3. The van der Waals surface area contributed by atoms with Crippen molar-refractivity contribution in [2.75, 3.05) is 16.0 Å². The van der Waals surface area contributed by atoms with Gasteiger partial charge in [-0.25, -0.2) is 0 Å². The Balaban J connectivity index is 1.60. The van der Waals surface area contributed by atoms with Gasteiger partial charge in [-0.15, -0.1) is 0 Å². The largest absolute Gasteiger partial charge is 0.416 e. The topological polar surface area (TPSA) is 133 Å². The van der Waals surface area contributed by atoms with Crippen molar-refractivity contribution in [3.63, 3.8) is 0 Å². The molecule has 2 aromatic carbocycles. The fourth-order valence-corrected chi connectivity index (χ4v) is 3.58. The van der Waals surface area contributed by atoms with Crippen LogP contribution in [0.4, 0.5) is 36.3 Å². The molecule has 2 amide bonds. The minimum Gasteiger partial charge on any atom is -0.326 e. The van der Waals surface area contributed by atoms with E-state index in [1.54, 1.807) is 0 Å². The Morgan fingerprint density at radius 1 is 1.06 bits per heavy atom. The van der Waals surface area contributed by atoms with Crippen LogP contribution in [0.25, 0.3) is 0 Å². The predicted molar refractivity (Wildman–Crippen MR) is 121 cm³/mol. The molecule has 1 aliphatic rings. The molecular formula is C23H18F3N5O4. The standard InChI is InChI=1S/C23H18F3N5O4/c1-11(32)12-5-7-14(8-6-12)27-20(34)16-10-17(33)29-19-18(16)21(35)31-22(30-19)28-15-4-2-3-13(9-15)23(24,25)26/h2-9,16H,10H2,1H3,(H,27,34)(H3,28,29,30,31,33,35). The van der Waals surface area contributed by atoms with Crippen molar-refractivity contribution in [2.45, 2.75) is 25.4 Å². The summed E-state index contributed by atoms with van der Waals surface area (Å²) in [7, 11) is 0. The number of amides is 2. The molecular weight excluding hydrogens is 467 g/mol. The second kappa shape index (κ2) is 9.05. The van der Waals surface area contributed by atoms with Gasteiger partial charge in [-0.1, -0.05) is 6.07 Å². The Kier molecular flexibility index (Phi) is 6.12. The van der Waals surface area contributed by atoms with Gasteiger partial charge >= 0.3 is 6.18 Å². The van der Waals surface area contributed by atoms with Gasteiger partial charge in [0.15, 0.2) is 5.78 Å². The number of aromatic nitrogens is 2. The van der Waals surface area contributed by atoms with Crippen molar-refractivity contribution in [1.29, 1.82) is 0 Å². The fourth-order valence-electron chi connectivity index (χ4n) is 3.58. The molecule has 1 aliphatic heterocycles. The van der Waals surface area contributed by atoms with E-state index in [1.165, 1.54) is 43.3 Å². The molecule has 0 saturated carbocycles. The number of anilines is 4. The lowest BCUT2D eigenvalue weighted by atomic mass is 9.92. The van der Waals surface area contributed by atoms with E-state index in [2.05, 4.69) is 25.9 Å². The van der Waals surface area contributed by atoms with E-state index >= 15 is 0 Å². The van der Waals surface area contributed by atoms with Crippen LogP contribution < -0.4 is 21.5 Å². The molecule has 0 bridgehead atoms. The molecule has 1 aromatic heterocycles. The summed E-state index contributed by atoms with van der Waals surface area (Å²) in [5.74, 6) is -2.89. The van der Waals surface area contributed by atoms with Crippen LogP contribution in [0.15, 0.2) is 53.3 Å². The smallest absolute Gasteiger partial charge is 0.326 e. The van der Waals surface area contributed by atoms with Crippen LogP contribution >= 0.6 is 0 Å². The summed E-state index contributed by atoms with van der Waals surface area (Å²) >= 11 is 0. The van der Waals surface area contributed by atoms with Gasteiger partial charge in [-0.3, -0.25) is 24.2 Å². The molecule has 0 spiro atoms. The van der Waals surface area contributed by atoms with Gasteiger partial charge in [0.25, 0.3) is 5.56 Å². The Morgan fingerprint density at radius 2 is 1.77 bits per heavy atom. The Bertz CT molecular complexity index is 1380. The zero-order chi connectivity index (χ0) is 25.3. The first-order chi connectivity index (χ1) is 16.5. The van der Waals surface area contributed by atoms with Crippen LogP contribution in [-0.2, 0) is 15.8 Å². The van der Waals surface area contributed by atoms with Gasteiger partial charge in [-0.2, -0.15) is 18.2 Å². The van der Waals surface area contributed by atoms with Gasteiger partial charge < -0.3 is 16.0 Å². The monoisotopic (exact) mass is 485 g/mol. The van der Waals surface area contributed by atoms with E-state index in [0.717, 1.165) is 12.1 Å². The highest BCUT2D eigenvalue weighted by molar-refractivity contribution is 6.04. The second-order valence-electron chi connectivity index (χ2n) is 7.81. The molecule has 0 aliphatic carbocycles. The molecule has 0 radical (unpaired) electrons. The summed E-state index contributed by atoms with van der Waals surface area (Å²) in [6, 6.07) is 10.4. The summed E-state index contributed by atoms with van der Waals surface area (Å²) in [5.41, 5.74) is -0.905. The van der Waals surface area contributed by atoms with Crippen molar-refractivity contribution < 1.29 is 27.6 Å². The molecule has 2 heterocycles. The number of aromatic amines is 1. The van der Waals surface area contributed by atoms with E-state index < -0.39 is 35.0 Å². The fraction of sp³-hybridized carbons (Fsp3) is 0.174. The molecule has 35 heavy (non-hydrogen) atoms. The zero-order valence-corrected chi connectivity index (χ0v) is 18.1. The summed E-state index contributed by atoms with van der Waals surface area (Å²) in [6.45, 7) is 1.40. The highest BCUT2D eigenvalue weighted by atomic mass is 19.4. The number of fused-ring (bicyclic) bond motifs is 1. The number of hydrogen-bond acceptors (Lipinski definition) is 6. The molecule has 9 nitrogen and oxygen atoms in total. The van der Waals surface area contributed by atoms with Crippen LogP contribution in [0.5, 0.6) is 0 Å². The van der Waals surface area contributed by atoms with Crippen molar-refractivity contribution in [2.24, 2.45) is 0 Å². The Hall–Kier alpha value is -4.48. The Labute approximate surface area is 195 Å². The van der Waals surface area contributed by atoms with Crippen LogP contribution in [0.1, 0.15) is 40.7 Å². The quantitative estimate of drug-likeness (QED) is 0.407. The second-order valence-corrected chi connectivity index (χ2v) is 7.81. The molecule has 0 saturated heterocycles. The van der Waals surface area contributed by atoms with E-state index in [9.17, 15) is 32.3 Å². The van der Waals surface area contributed by atoms with E-state index in [0.29, 0.717) is 11.3 Å². The van der Waals surface area contributed by atoms with E-state index in [1.807, 2.05) is 0 Å². The first-order valence-corrected chi connectivity index (χ1v) is 10.3. The van der Waals surface area contributed by atoms with Crippen LogP contribution in [0.3, 0.4) is 0 Å². The lowest BCUT2D eigenvalue weighted by Gasteiger charge is -2.23. The molecule has 1 atom stereocenters. The lowest BCUT2D eigenvalue weighted by Crippen LogP contribution is -2.36. The number of Topliss-reactive ketones (excluding diaryl/α,β-unsaturated/α-hetero) is 1. The number of halogens is 3. The number of rotatable bonds is 5. The lowest BCUT2D eigenvalue weighted by molar-refractivity contribution is -0.137. The van der Waals surface area contributed by atoms with Crippen LogP contribution in [0, 0.1) is 0 Å². The third-order valence-corrected chi connectivity index (χ3v) is 5.28. The molecule has 4 rings (SSSR count). The zero-order valence-electron chi connectivity index (χ0n) is 18.1. The number of carbonyl (C=O) groups is 3. The molecule has 1 unspecified atom stereocenters. The van der Waals surface area contributed by atoms with Crippen LogP contribution in [-0.4, -0.2) is 27.6 Å². The van der Waals surface area contributed by atoms with Crippen molar-refractivity contribution >= 4 is 40.7 Å². The first-order valence-electron chi connectivity index (χ1n) is 10.3. The maximum Gasteiger partial charge on any atom is 0.416 e. The van der Waals surface area contributed by atoms with Gasteiger partial charge in [-0.05, 0) is 49.4 Å². The van der Waals surface area contributed by atoms with Crippen LogP contribution in [0.2, 0.25) is 0 Å². The number of benzene rings is 2. The third kappa shape index (κ3) is 5.21. The number of hydrogen-bond donors (Lipinski definition) is 4. The number of alkyl halides is 3. The van der Waals surface area contributed by atoms with Gasteiger partial charge in [0.05, 0.1) is 17.0 Å². The van der Waals surface area contributed by atoms with Crippen molar-refractivity contribution in [3.05, 3.63) is 75.6 Å². The maximum atomic E-state index is 13.0. The molecule has 4 N–H and O–H groups in total. The summed E-state index contributed by atoms with van der Waals surface area (Å²) in [6.07, 6.45) is -4.87. The normalized spacial score (nSPS) is 15.1. The number of H-pyrrole nitrogens is 1. The molecule has 180 valence electrons. The number of nitrogens with one attached hydrogen (secondary N) is 4. The minimum absolute atomic E-state index is 0.00774. The third-order valence-electron chi connectivity index (χ3n) is 5.28. The average molecular weight is 485 g/mol. The molecule has 0 fully saturated rings. The van der Waals surface area contributed by atoms with E-state index in [-0.39, 0.29) is 35.2 Å². The van der Waals surface area contributed by atoms with Crippen molar-refractivity contribution in [3.8, 4) is 0 Å². The number of nitrogens with zero attached hydrogens (tertiary/aromatic N) is 1. The molecule has 3 aromatic rings.